The molecule has 0 aromatic carbocycles. The second kappa shape index (κ2) is 6.61. The molecule has 0 atom stereocenters. The van der Waals surface area contributed by atoms with Crippen LogP contribution in [0.1, 0.15) is 51.4 Å². The molecular formula is C14H28N2. The zero-order valence-electron chi connectivity index (χ0n) is 10.7. The molecule has 2 N–H and O–H groups in total. The van der Waals surface area contributed by atoms with E-state index in [1.165, 1.54) is 71.0 Å². The first-order valence-corrected chi connectivity index (χ1v) is 7.31. The molecule has 2 heteroatoms. The summed E-state index contributed by atoms with van der Waals surface area (Å²) in [6, 6.07) is 0. The van der Waals surface area contributed by atoms with Crippen molar-refractivity contribution in [1.82, 2.24) is 4.90 Å². The SMILES string of the molecule is NCCC1CCN(CC2CCCCC2)CC1. The van der Waals surface area contributed by atoms with Crippen molar-refractivity contribution >= 4 is 0 Å². The summed E-state index contributed by atoms with van der Waals surface area (Å²) in [7, 11) is 0. The molecule has 2 aliphatic rings. The van der Waals surface area contributed by atoms with E-state index in [9.17, 15) is 0 Å². The third-order valence-electron chi connectivity index (χ3n) is 4.52. The molecule has 0 spiro atoms. The summed E-state index contributed by atoms with van der Waals surface area (Å²) in [6.45, 7) is 4.94. The molecule has 1 aliphatic heterocycles. The van der Waals surface area contributed by atoms with Crippen LogP contribution in [0, 0.1) is 11.8 Å². The first kappa shape index (κ1) is 12.4. The van der Waals surface area contributed by atoms with Gasteiger partial charge < -0.3 is 10.6 Å². The van der Waals surface area contributed by atoms with E-state index in [1.54, 1.807) is 0 Å². The van der Waals surface area contributed by atoms with E-state index in [4.69, 9.17) is 5.73 Å². The van der Waals surface area contributed by atoms with Gasteiger partial charge in [0.05, 0.1) is 0 Å². The Morgan fingerprint density at radius 1 is 0.875 bits per heavy atom. The minimum absolute atomic E-state index is 0.882. The highest BCUT2D eigenvalue weighted by Crippen LogP contribution is 2.26. The molecule has 0 aromatic heterocycles. The van der Waals surface area contributed by atoms with Gasteiger partial charge in [-0.3, -0.25) is 0 Å². The van der Waals surface area contributed by atoms with Gasteiger partial charge >= 0.3 is 0 Å². The fourth-order valence-electron chi connectivity index (χ4n) is 3.43. The zero-order chi connectivity index (χ0) is 11.2. The van der Waals surface area contributed by atoms with Crippen molar-refractivity contribution in [3.63, 3.8) is 0 Å². The topological polar surface area (TPSA) is 29.3 Å². The first-order chi connectivity index (χ1) is 7.88. The maximum absolute atomic E-state index is 5.63. The van der Waals surface area contributed by atoms with Crippen LogP contribution in [0.25, 0.3) is 0 Å². The largest absolute Gasteiger partial charge is 0.330 e. The summed E-state index contributed by atoms with van der Waals surface area (Å²) >= 11 is 0. The van der Waals surface area contributed by atoms with Crippen molar-refractivity contribution in [2.45, 2.75) is 51.4 Å². The Labute approximate surface area is 101 Å². The van der Waals surface area contributed by atoms with Crippen LogP contribution in [0.2, 0.25) is 0 Å². The van der Waals surface area contributed by atoms with E-state index in [1.807, 2.05) is 0 Å². The summed E-state index contributed by atoms with van der Waals surface area (Å²) in [5.41, 5.74) is 5.63. The zero-order valence-corrected chi connectivity index (χ0v) is 10.7. The minimum atomic E-state index is 0.882. The number of rotatable bonds is 4. The van der Waals surface area contributed by atoms with Crippen LogP contribution in [0.3, 0.4) is 0 Å². The van der Waals surface area contributed by atoms with Gasteiger partial charge in [-0.2, -0.15) is 0 Å². The summed E-state index contributed by atoms with van der Waals surface area (Å²) in [4.78, 5) is 2.71. The van der Waals surface area contributed by atoms with Crippen molar-refractivity contribution in [3.05, 3.63) is 0 Å². The van der Waals surface area contributed by atoms with Crippen LogP contribution in [0.5, 0.6) is 0 Å². The van der Waals surface area contributed by atoms with Gasteiger partial charge in [0.15, 0.2) is 0 Å². The first-order valence-electron chi connectivity index (χ1n) is 7.31. The average molecular weight is 224 g/mol. The molecule has 1 aliphatic carbocycles. The number of nitrogens with two attached hydrogens (primary N) is 1. The maximum Gasteiger partial charge on any atom is 0.000966 e. The maximum atomic E-state index is 5.63. The van der Waals surface area contributed by atoms with Gasteiger partial charge in [0.25, 0.3) is 0 Å². The van der Waals surface area contributed by atoms with Gasteiger partial charge in [0, 0.05) is 6.54 Å². The molecule has 1 saturated heterocycles. The lowest BCUT2D eigenvalue weighted by atomic mass is 9.87. The normalized spacial score (nSPS) is 26.1. The van der Waals surface area contributed by atoms with Crippen LogP contribution < -0.4 is 5.73 Å². The van der Waals surface area contributed by atoms with Crippen molar-refractivity contribution in [1.29, 1.82) is 0 Å². The number of likely N-dealkylation sites (tertiary alicyclic amines) is 1. The summed E-state index contributed by atoms with van der Waals surface area (Å²) < 4.78 is 0. The van der Waals surface area contributed by atoms with E-state index in [0.29, 0.717) is 0 Å². The molecule has 0 bridgehead atoms. The molecule has 16 heavy (non-hydrogen) atoms. The molecule has 2 fully saturated rings. The predicted octanol–water partition coefficient (Wildman–Crippen LogP) is 2.63. The van der Waals surface area contributed by atoms with Gasteiger partial charge in [-0.05, 0) is 63.6 Å². The summed E-state index contributed by atoms with van der Waals surface area (Å²) in [6.07, 6.45) is 11.5. The molecule has 0 radical (unpaired) electrons. The number of hydrogen-bond acceptors (Lipinski definition) is 2. The van der Waals surface area contributed by atoms with Crippen LogP contribution in [-0.2, 0) is 0 Å². The Balaban J connectivity index is 1.64. The predicted molar refractivity (Wildman–Crippen MR) is 69.4 cm³/mol. The van der Waals surface area contributed by atoms with Gasteiger partial charge in [0.2, 0.25) is 0 Å². The van der Waals surface area contributed by atoms with E-state index in [2.05, 4.69) is 4.90 Å². The van der Waals surface area contributed by atoms with E-state index in [0.717, 1.165) is 18.4 Å². The minimum Gasteiger partial charge on any atom is -0.330 e. The average Bonchev–Trinajstić information content (AvgIpc) is 2.33. The molecule has 2 rings (SSSR count). The summed E-state index contributed by atoms with van der Waals surface area (Å²) in [5.74, 6) is 1.94. The summed E-state index contributed by atoms with van der Waals surface area (Å²) in [5, 5.41) is 0. The number of piperidine rings is 1. The van der Waals surface area contributed by atoms with Crippen molar-refractivity contribution in [2.75, 3.05) is 26.2 Å². The van der Waals surface area contributed by atoms with E-state index in [-0.39, 0.29) is 0 Å². The van der Waals surface area contributed by atoms with Gasteiger partial charge in [0.1, 0.15) is 0 Å². The quantitative estimate of drug-likeness (QED) is 0.795. The smallest absolute Gasteiger partial charge is 0.000966 e. The Morgan fingerprint density at radius 2 is 1.56 bits per heavy atom. The second-order valence-corrected chi connectivity index (χ2v) is 5.83. The fraction of sp³-hybridized carbons (Fsp3) is 1.00. The van der Waals surface area contributed by atoms with Crippen LogP contribution in [-0.4, -0.2) is 31.1 Å². The Hall–Kier alpha value is -0.0800. The standard InChI is InChI=1S/C14H28N2/c15-9-6-13-7-10-16(11-8-13)12-14-4-2-1-3-5-14/h13-14H,1-12,15H2. The molecule has 94 valence electrons. The molecule has 0 amide bonds. The lowest BCUT2D eigenvalue weighted by molar-refractivity contribution is 0.143. The molecule has 1 saturated carbocycles. The van der Waals surface area contributed by atoms with Crippen LogP contribution in [0.4, 0.5) is 0 Å². The Kier molecular flexibility index (Phi) is 5.11. The number of nitrogens with zero attached hydrogens (tertiary/aromatic N) is 1. The molecule has 2 nitrogen and oxygen atoms in total. The van der Waals surface area contributed by atoms with Crippen molar-refractivity contribution in [2.24, 2.45) is 17.6 Å². The Morgan fingerprint density at radius 3 is 2.19 bits per heavy atom. The van der Waals surface area contributed by atoms with Gasteiger partial charge in [-0.25, -0.2) is 0 Å². The molecular weight excluding hydrogens is 196 g/mol. The third-order valence-corrected chi connectivity index (χ3v) is 4.52. The highest BCUT2D eigenvalue weighted by molar-refractivity contribution is 4.76. The van der Waals surface area contributed by atoms with Crippen molar-refractivity contribution < 1.29 is 0 Å². The van der Waals surface area contributed by atoms with Crippen LogP contribution >= 0.6 is 0 Å². The molecule has 0 unspecified atom stereocenters. The third kappa shape index (κ3) is 3.74. The monoisotopic (exact) mass is 224 g/mol. The second-order valence-electron chi connectivity index (χ2n) is 5.83. The van der Waals surface area contributed by atoms with Crippen LogP contribution in [0.15, 0.2) is 0 Å². The van der Waals surface area contributed by atoms with Gasteiger partial charge in [-0.15, -0.1) is 0 Å². The Bertz CT molecular complexity index is 179. The molecule has 0 aromatic rings. The number of hydrogen-bond donors (Lipinski definition) is 1. The van der Waals surface area contributed by atoms with E-state index >= 15 is 0 Å². The highest BCUT2D eigenvalue weighted by Gasteiger charge is 2.22. The lowest BCUT2D eigenvalue weighted by Gasteiger charge is -2.35. The van der Waals surface area contributed by atoms with E-state index < -0.39 is 0 Å². The highest BCUT2D eigenvalue weighted by atomic mass is 15.1. The molecule has 1 heterocycles. The van der Waals surface area contributed by atoms with Crippen molar-refractivity contribution in [3.8, 4) is 0 Å². The lowest BCUT2D eigenvalue weighted by Crippen LogP contribution is -2.38. The van der Waals surface area contributed by atoms with Gasteiger partial charge in [-0.1, -0.05) is 19.3 Å². The fourth-order valence-corrected chi connectivity index (χ4v) is 3.43.